The van der Waals surface area contributed by atoms with E-state index in [4.69, 9.17) is 0 Å². The predicted molar refractivity (Wildman–Crippen MR) is 133 cm³/mol. The molecule has 1 saturated heterocycles. The van der Waals surface area contributed by atoms with Crippen LogP contribution < -0.4 is 9.80 Å². The van der Waals surface area contributed by atoms with Crippen LogP contribution >= 0.6 is 0 Å². The molecule has 7 nitrogen and oxygen atoms in total. The molecule has 7 heteroatoms. The van der Waals surface area contributed by atoms with E-state index in [1.807, 2.05) is 55.4 Å². The van der Waals surface area contributed by atoms with Gasteiger partial charge in [-0.3, -0.25) is 14.5 Å². The number of carbonyl (C=O) groups excluding carboxylic acids is 2. The maximum atomic E-state index is 13.2. The van der Waals surface area contributed by atoms with Gasteiger partial charge in [0.05, 0.1) is 17.3 Å². The summed E-state index contributed by atoms with van der Waals surface area (Å²) in [5, 5.41) is 19.5. The van der Waals surface area contributed by atoms with E-state index in [2.05, 4.69) is 24.0 Å². The molecule has 0 saturated carbocycles. The van der Waals surface area contributed by atoms with Crippen molar-refractivity contribution < 1.29 is 14.7 Å². The standard InChI is InChI=1S/C27H28N4O3/c1-16(2)18-7-9-20(10-8-18)25(32)23-24(19-11-13-21(14-12-19)30(4)5)31(27(34)26(23)33)22-15-6-17(3)28-29-22/h6-16,24,32H,1-5H3. The number of hydrogen-bond acceptors (Lipinski definition) is 6. The molecule has 1 atom stereocenters. The van der Waals surface area contributed by atoms with E-state index in [-0.39, 0.29) is 17.2 Å². The number of aryl methyl sites for hydroxylation is 1. The van der Waals surface area contributed by atoms with Crippen LogP contribution in [0.5, 0.6) is 0 Å². The Kier molecular flexibility index (Phi) is 6.20. The fourth-order valence-electron chi connectivity index (χ4n) is 4.04. The molecule has 2 heterocycles. The van der Waals surface area contributed by atoms with E-state index >= 15 is 0 Å². The molecule has 0 spiro atoms. The van der Waals surface area contributed by atoms with E-state index in [0.29, 0.717) is 22.7 Å². The average molecular weight is 457 g/mol. The van der Waals surface area contributed by atoms with Crippen LogP contribution in [0.1, 0.15) is 48.2 Å². The maximum absolute atomic E-state index is 13.2. The van der Waals surface area contributed by atoms with Crippen molar-refractivity contribution in [2.45, 2.75) is 32.7 Å². The van der Waals surface area contributed by atoms with Crippen molar-refractivity contribution in [2.75, 3.05) is 23.9 Å². The highest BCUT2D eigenvalue weighted by Crippen LogP contribution is 2.41. The first kappa shape index (κ1) is 23.2. The lowest BCUT2D eigenvalue weighted by Crippen LogP contribution is -2.30. The van der Waals surface area contributed by atoms with Gasteiger partial charge in [-0.2, -0.15) is 5.10 Å². The zero-order valence-electron chi connectivity index (χ0n) is 20.0. The van der Waals surface area contributed by atoms with Crippen molar-refractivity contribution >= 4 is 29.0 Å². The van der Waals surface area contributed by atoms with Gasteiger partial charge in [0, 0.05) is 25.3 Å². The number of amides is 1. The second kappa shape index (κ2) is 9.09. The molecule has 34 heavy (non-hydrogen) atoms. The number of aromatic nitrogens is 2. The van der Waals surface area contributed by atoms with Gasteiger partial charge in [-0.15, -0.1) is 5.10 Å². The van der Waals surface area contributed by atoms with Gasteiger partial charge in [0.15, 0.2) is 5.82 Å². The highest BCUT2D eigenvalue weighted by atomic mass is 16.3. The molecule has 0 aliphatic carbocycles. The minimum Gasteiger partial charge on any atom is -0.507 e. The Morgan fingerprint density at radius 3 is 2.12 bits per heavy atom. The van der Waals surface area contributed by atoms with Crippen molar-refractivity contribution in [3.63, 3.8) is 0 Å². The lowest BCUT2D eigenvalue weighted by atomic mass is 9.94. The van der Waals surface area contributed by atoms with Gasteiger partial charge in [0.2, 0.25) is 0 Å². The minimum absolute atomic E-state index is 0.0299. The van der Waals surface area contributed by atoms with Gasteiger partial charge >= 0.3 is 5.91 Å². The minimum atomic E-state index is -0.835. The Morgan fingerprint density at radius 2 is 1.59 bits per heavy atom. The molecule has 1 unspecified atom stereocenters. The predicted octanol–water partition coefficient (Wildman–Crippen LogP) is 4.60. The van der Waals surface area contributed by atoms with Gasteiger partial charge in [-0.25, -0.2) is 0 Å². The number of ketones is 1. The summed E-state index contributed by atoms with van der Waals surface area (Å²) in [6, 6.07) is 17.5. The van der Waals surface area contributed by atoms with Gasteiger partial charge in [0.25, 0.3) is 5.78 Å². The number of hydrogen-bond donors (Lipinski definition) is 1. The highest BCUT2D eigenvalue weighted by molar-refractivity contribution is 6.51. The second-order valence-electron chi connectivity index (χ2n) is 8.96. The normalized spacial score (nSPS) is 17.5. The number of rotatable bonds is 5. The van der Waals surface area contributed by atoms with Gasteiger partial charge in [0.1, 0.15) is 5.76 Å². The molecule has 2 aromatic carbocycles. The molecule has 1 amide bonds. The first-order chi connectivity index (χ1) is 16.2. The van der Waals surface area contributed by atoms with Crippen LogP contribution in [0.15, 0.2) is 66.2 Å². The lowest BCUT2D eigenvalue weighted by Gasteiger charge is -2.24. The number of carbonyl (C=O) groups is 2. The Morgan fingerprint density at radius 1 is 0.941 bits per heavy atom. The summed E-state index contributed by atoms with van der Waals surface area (Å²) in [6.07, 6.45) is 0. The number of aliphatic hydroxyl groups is 1. The van der Waals surface area contributed by atoms with Crippen LogP contribution in [-0.2, 0) is 9.59 Å². The van der Waals surface area contributed by atoms with E-state index in [0.717, 1.165) is 11.3 Å². The summed E-state index contributed by atoms with van der Waals surface area (Å²) in [5.74, 6) is -1.13. The summed E-state index contributed by atoms with van der Waals surface area (Å²) >= 11 is 0. The molecule has 1 aliphatic heterocycles. The zero-order chi connectivity index (χ0) is 24.6. The molecule has 3 aromatic rings. The maximum Gasteiger partial charge on any atom is 0.301 e. The first-order valence-corrected chi connectivity index (χ1v) is 11.2. The molecule has 174 valence electrons. The van der Waals surface area contributed by atoms with Crippen LogP contribution in [0, 0.1) is 6.92 Å². The Hall–Kier alpha value is -4.00. The first-order valence-electron chi connectivity index (χ1n) is 11.2. The topological polar surface area (TPSA) is 86.6 Å². The number of benzene rings is 2. The zero-order valence-corrected chi connectivity index (χ0v) is 20.0. The fourth-order valence-corrected chi connectivity index (χ4v) is 4.04. The van der Waals surface area contributed by atoms with E-state index in [9.17, 15) is 14.7 Å². The summed E-state index contributed by atoms with van der Waals surface area (Å²) in [4.78, 5) is 29.7. The smallest absolute Gasteiger partial charge is 0.301 e. The third-order valence-corrected chi connectivity index (χ3v) is 6.05. The van der Waals surface area contributed by atoms with Crippen LogP contribution in [0.25, 0.3) is 5.76 Å². The van der Waals surface area contributed by atoms with Crippen molar-refractivity contribution in [3.8, 4) is 0 Å². The largest absolute Gasteiger partial charge is 0.507 e. The van der Waals surface area contributed by atoms with Crippen LogP contribution in [0.2, 0.25) is 0 Å². The Balaban J connectivity index is 1.89. The summed E-state index contributed by atoms with van der Waals surface area (Å²) in [6.45, 7) is 5.96. The molecule has 1 fully saturated rings. The van der Waals surface area contributed by atoms with Crippen LogP contribution in [0.4, 0.5) is 11.5 Å². The fraction of sp³-hybridized carbons (Fsp3) is 0.259. The summed E-state index contributed by atoms with van der Waals surface area (Å²) in [7, 11) is 3.87. The van der Waals surface area contributed by atoms with Crippen molar-refractivity contribution in [2.24, 2.45) is 0 Å². The van der Waals surface area contributed by atoms with Crippen molar-refractivity contribution in [1.29, 1.82) is 0 Å². The third-order valence-electron chi connectivity index (χ3n) is 6.05. The van der Waals surface area contributed by atoms with E-state index < -0.39 is 17.7 Å². The SMILES string of the molecule is Cc1ccc(N2C(=O)C(=O)C(=C(O)c3ccc(C(C)C)cc3)C2c2ccc(N(C)C)cc2)nn1. The summed E-state index contributed by atoms with van der Waals surface area (Å²) in [5.41, 5.74) is 3.97. The van der Waals surface area contributed by atoms with Crippen molar-refractivity contribution in [1.82, 2.24) is 10.2 Å². The molecule has 0 radical (unpaired) electrons. The molecular formula is C27H28N4O3. The highest BCUT2D eigenvalue weighted by Gasteiger charge is 2.47. The van der Waals surface area contributed by atoms with Gasteiger partial charge in [-0.1, -0.05) is 50.2 Å². The molecule has 1 aromatic heterocycles. The van der Waals surface area contributed by atoms with Crippen molar-refractivity contribution in [3.05, 3.63) is 88.6 Å². The van der Waals surface area contributed by atoms with E-state index in [1.165, 1.54) is 4.90 Å². The average Bonchev–Trinajstić information content (AvgIpc) is 3.09. The second-order valence-corrected chi connectivity index (χ2v) is 8.96. The molecule has 4 rings (SSSR count). The van der Waals surface area contributed by atoms with Crippen LogP contribution in [-0.4, -0.2) is 41.1 Å². The molecule has 0 bridgehead atoms. The third kappa shape index (κ3) is 4.17. The monoisotopic (exact) mass is 456 g/mol. The number of nitrogens with zero attached hydrogens (tertiary/aromatic N) is 4. The Labute approximate surface area is 199 Å². The Bertz CT molecular complexity index is 1240. The van der Waals surface area contributed by atoms with Crippen LogP contribution in [0.3, 0.4) is 0 Å². The van der Waals surface area contributed by atoms with E-state index in [1.54, 1.807) is 31.2 Å². The lowest BCUT2D eigenvalue weighted by molar-refractivity contribution is -0.132. The molecule has 1 aliphatic rings. The van der Waals surface area contributed by atoms with Gasteiger partial charge in [-0.05, 0) is 48.2 Å². The quantitative estimate of drug-likeness (QED) is 0.343. The number of anilines is 2. The summed E-state index contributed by atoms with van der Waals surface area (Å²) < 4.78 is 0. The van der Waals surface area contributed by atoms with Gasteiger partial charge < -0.3 is 10.0 Å². The number of aliphatic hydroxyl groups excluding tert-OH is 1. The molecule has 1 N–H and O–H groups in total. The number of Topliss-reactive ketones (excluding diaryl/α,β-unsaturated/α-hetero) is 1. The molecular weight excluding hydrogens is 428 g/mol.